The number of carboxylic acids is 1. The van der Waals surface area contributed by atoms with E-state index in [9.17, 15) is 14.7 Å². The predicted molar refractivity (Wildman–Crippen MR) is 62.6 cm³/mol. The summed E-state index contributed by atoms with van der Waals surface area (Å²) in [5, 5.41) is 12.0. The Kier molecular flexibility index (Phi) is 4.93. The molecule has 1 amide bonds. The van der Waals surface area contributed by atoms with E-state index in [1.807, 2.05) is 13.8 Å². The first kappa shape index (κ1) is 14.0. The Labute approximate surface area is 102 Å². The third kappa shape index (κ3) is 3.43. The van der Waals surface area contributed by atoms with Gasteiger partial charge in [0.15, 0.2) is 0 Å². The van der Waals surface area contributed by atoms with E-state index in [0.29, 0.717) is 26.1 Å². The lowest BCUT2D eigenvalue weighted by Crippen LogP contribution is -2.47. The largest absolute Gasteiger partial charge is 0.481 e. The highest BCUT2D eigenvalue weighted by Crippen LogP contribution is 2.30. The lowest BCUT2D eigenvalue weighted by atomic mass is 9.80. The Hall–Kier alpha value is -1.10. The molecule has 17 heavy (non-hydrogen) atoms. The van der Waals surface area contributed by atoms with E-state index in [-0.39, 0.29) is 18.4 Å². The van der Waals surface area contributed by atoms with Crippen molar-refractivity contribution in [2.24, 2.45) is 11.3 Å². The van der Waals surface area contributed by atoms with Gasteiger partial charge in [-0.15, -0.1) is 0 Å². The van der Waals surface area contributed by atoms with E-state index in [4.69, 9.17) is 4.74 Å². The second-order valence-electron chi connectivity index (χ2n) is 4.72. The Balaban J connectivity index is 2.56. The molecule has 0 aromatic carbocycles. The Morgan fingerprint density at radius 2 is 2.00 bits per heavy atom. The average molecular weight is 243 g/mol. The van der Waals surface area contributed by atoms with Gasteiger partial charge in [0, 0.05) is 25.7 Å². The fourth-order valence-electron chi connectivity index (χ4n) is 1.84. The van der Waals surface area contributed by atoms with Gasteiger partial charge in [0.2, 0.25) is 5.91 Å². The third-order valence-electron chi connectivity index (χ3n) is 3.56. The van der Waals surface area contributed by atoms with Crippen LogP contribution in [0.15, 0.2) is 0 Å². The van der Waals surface area contributed by atoms with E-state index < -0.39 is 11.4 Å². The van der Waals surface area contributed by atoms with Crippen LogP contribution in [0.3, 0.4) is 0 Å². The topological polar surface area (TPSA) is 75.6 Å². The number of aliphatic carboxylic acids is 1. The summed E-state index contributed by atoms with van der Waals surface area (Å²) in [4.78, 5) is 23.0. The van der Waals surface area contributed by atoms with Crippen molar-refractivity contribution in [3.05, 3.63) is 0 Å². The van der Waals surface area contributed by atoms with E-state index >= 15 is 0 Å². The summed E-state index contributed by atoms with van der Waals surface area (Å²) >= 11 is 0. The van der Waals surface area contributed by atoms with Gasteiger partial charge in [-0.2, -0.15) is 0 Å². The lowest BCUT2D eigenvalue weighted by Gasteiger charge is -2.33. The molecule has 2 N–H and O–H groups in total. The number of ether oxygens (including phenoxy) is 1. The molecule has 1 heterocycles. The van der Waals surface area contributed by atoms with Gasteiger partial charge in [0.05, 0.1) is 5.41 Å². The molecule has 1 atom stereocenters. The molecule has 1 aliphatic heterocycles. The van der Waals surface area contributed by atoms with Gasteiger partial charge >= 0.3 is 5.97 Å². The summed E-state index contributed by atoms with van der Waals surface area (Å²) in [5.41, 5.74) is -0.846. The van der Waals surface area contributed by atoms with E-state index in [2.05, 4.69) is 5.32 Å². The fraction of sp³-hybridized carbons (Fsp3) is 0.833. The summed E-state index contributed by atoms with van der Waals surface area (Å²) < 4.78 is 5.17. The average Bonchev–Trinajstić information content (AvgIpc) is 2.35. The second-order valence-corrected chi connectivity index (χ2v) is 4.72. The monoisotopic (exact) mass is 243 g/mol. The van der Waals surface area contributed by atoms with Crippen LogP contribution in [-0.2, 0) is 14.3 Å². The van der Waals surface area contributed by atoms with Crippen molar-refractivity contribution in [3.8, 4) is 0 Å². The molecular weight excluding hydrogens is 222 g/mol. The van der Waals surface area contributed by atoms with Gasteiger partial charge in [-0.3, -0.25) is 9.59 Å². The quantitative estimate of drug-likeness (QED) is 0.756. The molecule has 0 saturated carbocycles. The molecule has 1 unspecified atom stereocenters. The molecule has 1 rings (SSSR count). The summed E-state index contributed by atoms with van der Waals surface area (Å²) in [6.45, 7) is 4.88. The molecule has 0 bridgehead atoms. The van der Waals surface area contributed by atoms with Crippen molar-refractivity contribution < 1.29 is 19.4 Å². The second kappa shape index (κ2) is 6.00. The Morgan fingerprint density at radius 3 is 2.47 bits per heavy atom. The van der Waals surface area contributed by atoms with E-state index in [1.54, 1.807) is 0 Å². The Bertz CT molecular complexity index is 284. The molecule has 0 aliphatic carbocycles. The van der Waals surface area contributed by atoms with Crippen molar-refractivity contribution >= 4 is 11.9 Å². The highest BCUT2D eigenvalue weighted by molar-refractivity contribution is 5.80. The van der Waals surface area contributed by atoms with Crippen molar-refractivity contribution in [2.45, 2.75) is 33.1 Å². The van der Waals surface area contributed by atoms with Crippen LogP contribution in [0.1, 0.15) is 33.1 Å². The SMILES string of the molecule is CCC(C)C(=O)NCC1(C(=O)O)CCOCC1. The normalized spacial score (nSPS) is 20.6. The van der Waals surface area contributed by atoms with Gasteiger partial charge in [-0.1, -0.05) is 13.8 Å². The van der Waals surface area contributed by atoms with Gasteiger partial charge in [-0.25, -0.2) is 0 Å². The maximum Gasteiger partial charge on any atom is 0.311 e. The van der Waals surface area contributed by atoms with Gasteiger partial charge < -0.3 is 15.2 Å². The molecule has 0 radical (unpaired) electrons. The zero-order valence-electron chi connectivity index (χ0n) is 10.5. The number of carbonyl (C=O) groups excluding carboxylic acids is 1. The van der Waals surface area contributed by atoms with Crippen LogP contribution < -0.4 is 5.32 Å². The molecule has 1 fully saturated rings. The van der Waals surface area contributed by atoms with Gasteiger partial charge in [-0.05, 0) is 19.3 Å². The minimum atomic E-state index is -0.846. The summed E-state index contributed by atoms with van der Waals surface area (Å²) in [6, 6.07) is 0. The highest BCUT2D eigenvalue weighted by atomic mass is 16.5. The summed E-state index contributed by atoms with van der Waals surface area (Å²) in [5.74, 6) is -0.981. The van der Waals surface area contributed by atoms with Gasteiger partial charge in [0.25, 0.3) is 0 Å². The standard InChI is InChI=1S/C12H21NO4/c1-3-9(2)10(14)13-8-12(11(15)16)4-6-17-7-5-12/h9H,3-8H2,1-2H3,(H,13,14)(H,15,16). The van der Waals surface area contributed by atoms with Gasteiger partial charge in [0.1, 0.15) is 0 Å². The smallest absolute Gasteiger partial charge is 0.311 e. The number of hydrogen-bond donors (Lipinski definition) is 2. The van der Waals surface area contributed by atoms with E-state index in [1.165, 1.54) is 0 Å². The fourth-order valence-corrected chi connectivity index (χ4v) is 1.84. The first-order valence-corrected chi connectivity index (χ1v) is 6.10. The molecule has 0 aromatic heterocycles. The summed E-state index contributed by atoms with van der Waals surface area (Å²) in [7, 11) is 0. The predicted octanol–water partition coefficient (Wildman–Crippen LogP) is 1.03. The minimum Gasteiger partial charge on any atom is -0.481 e. The zero-order valence-corrected chi connectivity index (χ0v) is 10.5. The van der Waals surface area contributed by atoms with Crippen LogP contribution in [0.2, 0.25) is 0 Å². The maximum atomic E-state index is 11.6. The number of amides is 1. The number of carbonyl (C=O) groups is 2. The van der Waals surface area contributed by atoms with Crippen molar-refractivity contribution in [1.82, 2.24) is 5.32 Å². The zero-order chi connectivity index (χ0) is 12.9. The van der Waals surface area contributed by atoms with E-state index in [0.717, 1.165) is 6.42 Å². The molecule has 1 saturated heterocycles. The third-order valence-corrected chi connectivity index (χ3v) is 3.56. The van der Waals surface area contributed by atoms with Crippen LogP contribution in [0.25, 0.3) is 0 Å². The first-order chi connectivity index (χ1) is 8.02. The molecule has 0 aromatic rings. The lowest BCUT2D eigenvalue weighted by molar-refractivity contribution is -0.154. The van der Waals surface area contributed by atoms with Crippen LogP contribution >= 0.6 is 0 Å². The minimum absolute atomic E-state index is 0.0688. The number of nitrogens with one attached hydrogen (secondary N) is 1. The van der Waals surface area contributed by atoms with Crippen LogP contribution in [0.5, 0.6) is 0 Å². The van der Waals surface area contributed by atoms with Crippen LogP contribution in [0, 0.1) is 11.3 Å². The van der Waals surface area contributed by atoms with Crippen LogP contribution in [-0.4, -0.2) is 36.7 Å². The van der Waals surface area contributed by atoms with Crippen molar-refractivity contribution in [1.29, 1.82) is 0 Å². The summed E-state index contributed by atoms with van der Waals surface area (Å²) in [6.07, 6.45) is 1.68. The number of hydrogen-bond acceptors (Lipinski definition) is 3. The van der Waals surface area contributed by atoms with Crippen molar-refractivity contribution in [3.63, 3.8) is 0 Å². The molecular formula is C12H21NO4. The molecule has 5 heteroatoms. The van der Waals surface area contributed by atoms with Crippen LogP contribution in [0.4, 0.5) is 0 Å². The molecule has 5 nitrogen and oxygen atoms in total. The number of rotatable bonds is 5. The molecule has 1 aliphatic rings. The maximum absolute atomic E-state index is 11.6. The highest BCUT2D eigenvalue weighted by Gasteiger charge is 2.40. The van der Waals surface area contributed by atoms with Crippen molar-refractivity contribution in [2.75, 3.05) is 19.8 Å². The first-order valence-electron chi connectivity index (χ1n) is 6.10. The molecule has 98 valence electrons. The molecule has 0 spiro atoms. The number of carboxylic acid groups (broad SMARTS) is 1. The Morgan fingerprint density at radius 1 is 1.41 bits per heavy atom.